The summed E-state index contributed by atoms with van der Waals surface area (Å²) in [5.41, 5.74) is 1.65. The highest BCUT2D eigenvalue weighted by atomic mass is 32.2. The first-order valence-electron chi connectivity index (χ1n) is 11.7. The number of urea groups is 1. The second-order valence-electron chi connectivity index (χ2n) is 8.85. The zero-order chi connectivity index (χ0) is 24.8. The maximum Gasteiger partial charge on any atom is 0.333 e. The number of amides is 3. The lowest BCUT2D eigenvalue weighted by molar-refractivity contribution is -0.119. The molecule has 4 rings (SSSR count). The van der Waals surface area contributed by atoms with Gasteiger partial charge in [-0.25, -0.2) is 18.2 Å². The normalized spacial score (nSPS) is 14.1. The molecule has 8 nitrogen and oxygen atoms in total. The number of carbonyl (C=O) groups excluding carboxylic acids is 2. The topological polar surface area (TPSA) is 108 Å². The van der Waals surface area contributed by atoms with Crippen molar-refractivity contribution in [1.82, 2.24) is 20.5 Å². The average molecular weight is 495 g/mol. The fourth-order valence-electron chi connectivity index (χ4n) is 4.17. The van der Waals surface area contributed by atoms with Crippen LogP contribution < -0.4 is 15.5 Å². The maximum atomic E-state index is 13.2. The fourth-order valence-corrected chi connectivity index (χ4v) is 5.24. The summed E-state index contributed by atoms with van der Waals surface area (Å²) in [7, 11) is -4.01. The first-order valence-corrected chi connectivity index (χ1v) is 13.2. The summed E-state index contributed by atoms with van der Waals surface area (Å²) in [4.78, 5) is 26.8. The van der Waals surface area contributed by atoms with E-state index in [1.54, 1.807) is 12.1 Å². The molecule has 0 atom stereocenters. The van der Waals surface area contributed by atoms with Crippen LogP contribution in [0.2, 0.25) is 0 Å². The highest BCUT2D eigenvalue weighted by Crippen LogP contribution is 2.21. The number of fused-ring (bicyclic) bond motifs is 1. The van der Waals surface area contributed by atoms with Gasteiger partial charge in [0, 0.05) is 19.5 Å². The van der Waals surface area contributed by atoms with Crippen LogP contribution in [-0.4, -0.2) is 31.4 Å². The first kappa shape index (κ1) is 24.7. The van der Waals surface area contributed by atoms with Gasteiger partial charge in [0.05, 0.1) is 11.4 Å². The van der Waals surface area contributed by atoms with Gasteiger partial charge in [0.1, 0.15) is 0 Å². The Morgan fingerprint density at radius 1 is 0.914 bits per heavy atom. The van der Waals surface area contributed by atoms with Crippen molar-refractivity contribution in [2.24, 2.45) is 0 Å². The third-order valence-corrected chi connectivity index (χ3v) is 7.43. The molecule has 0 saturated heterocycles. The summed E-state index contributed by atoms with van der Waals surface area (Å²) in [6, 6.07) is 19.3. The molecule has 3 amide bonds. The van der Waals surface area contributed by atoms with Gasteiger partial charge in [-0.05, 0) is 46.9 Å². The van der Waals surface area contributed by atoms with Gasteiger partial charge >= 0.3 is 6.03 Å². The molecule has 35 heavy (non-hydrogen) atoms. The SMILES string of the molecule is CC(=O)NCc1ccc(CN(NS(=O)(=O)c2ccc3ccccc3c2)C(=O)NC2CCCC2)cc1. The predicted molar refractivity (Wildman–Crippen MR) is 135 cm³/mol. The van der Waals surface area contributed by atoms with E-state index in [0.29, 0.717) is 6.54 Å². The number of nitrogens with one attached hydrogen (secondary N) is 3. The molecule has 3 aromatic carbocycles. The number of hydrazine groups is 1. The lowest BCUT2D eigenvalue weighted by atomic mass is 10.1. The maximum absolute atomic E-state index is 13.2. The van der Waals surface area contributed by atoms with E-state index in [-0.39, 0.29) is 23.4 Å². The molecule has 1 saturated carbocycles. The highest BCUT2D eigenvalue weighted by molar-refractivity contribution is 7.89. The molecule has 3 N–H and O–H groups in total. The van der Waals surface area contributed by atoms with Crippen LogP contribution in [0.4, 0.5) is 4.79 Å². The second kappa shape index (κ2) is 10.9. The third kappa shape index (κ3) is 6.58. The molecule has 0 aromatic heterocycles. The molecule has 0 radical (unpaired) electrons. The van der Waals surface area contributed by atoms with E-state index in [0.717, 1.165) is 52.6 Å². The first-order chi connectivity index (χ1) is 16.8. The molecule has 1 aliphatic rings. The number of hydrogen-bond acceptors (Lipinski definition) is 4. The molecule has 184 valence electrons. The van der Waals surface area contributed by atoms with E-state index in [4.69, 9.17) is 0 Å². The summed E-state index contributed by atoms with van der Waals surface area (Å²) in [5.74, 6) is -0.119. The Labute approximate surface area is 205 Å². The van der Waals surface area contributed by atoms with Crippen LogP contribution in [0.25, 0.3) is 10.8 Å². The minimum atomic E-state index is -4.01. The summed E-state index contributed by atoms with van der Waals surface area (Å²) in [5, 5.41) is 8.54. The van der Waals surface area contributed by atoms with Gasteiger partial charge in [0.25, 0.3) is 10.0 Å². The molecule has 1 aliphatic carbocycles. The van der Waals surface area contributed by atoms with E-state index in [1.807, 2.05) is 48.5 Å². The Bertz CT molecular complexity index is 1300. The van der Waals surface area contributed by atoms with E-state index < -0.39 is 16.1 Å². The Kier molecular flexibility index (Phi) is 7.67. The van der Waals surface area contributed by atoms with Crippen LogP contribution in [-0.2, 0) is 27.9 Å². The van der Waals surface area contributed by atoms with Crippen LogP contribution in [0.5, 0.6) is 0 Å². The molecule has 0 unspecified atom stereocenters. The number of carbonyl (C=O) groups is 2. The van der Waals surface area contributed by atoms with Crippen LogP contribution >= 0.6 is 0 Å². The van der Waals surface area contributed by atoms with Crippen molar-refractivity contribution in [3.05, 3.63) is 77.9 Å². The van der Waals surface area contributed by atoms with Crippen molar-refractivity contribution >= 4 is 32.7 Å². The Morgan fingerprint density at radius 3 is 2.26 bits per heavy atom. The summed E-state index contributed by atoms with van der Waals surface area (Å²) in [6.07, 6.45) is 3.86. The van der Waals surface area contributed by atoms with Crippen LogP contribution in [0.15, 0.2) is 71.6 Å². The van der Waals surface area contributed by atoms with Crippen molar-refractivity contribution in [2.45, 2.75) is 56.6 Å². The van der Waals surface area contributed by atoms with E-state index >= 15 is 0 Å². The number of hydrogen-bond donors (Lipinski definition) is 3. The number of rotatable bonds is 8. The van der Waals surface area contributed by atoms with Crippen molar-refractivity contribution in [2.75, 3.05) is 0 Å². The molecular weight excluding hydrogens is 464 g/mol. The second-order valence-corrected chi connectivity index (χ2v) is 10.5. The Hall–Kier alpha value is -3.43. The minimum absolute atomic E-state index is 0.0372. The van der Waals surface area contributed by atoms with Crippen molar-refractivity contribution in [1.29, 1.82) is 0 Å². The van der Waals surface area contributed by atoms with Gasteiger partial charge in [-0.3, -0.25) is 4.79 Å². The van der Waals surface area contributed by atoms with Gasteiger partial charge in [0.2, 0.25) is 5.91 Å². The average Bonchev–Trinajstić information content (AvgIpc) is 3.35. The molecule has 0 aliphatic heterocycles. The molecule has 0 bridgehead atoms. The van der Waals surface area contributed by atoms with Crippen LogP contribution in [0, 0.1) is 0 Å². The van der Waals surface area contributed by atoms with Crippen LogP contribution in [0.1, 0.15) is 43.7 Å². The number of benzene rings is 3. The van der Waals surface area contributed by atoms with Crippen molar-refractivity contribution in [3.8, 4) is 0 Å². The lowest BCUT2D eigenvalue weighted by Gasteiger charge is -2.25. The fraction of sp³-hybridized carbons (Fsp3) is 0.308. The summed E-state index contributed by atoms with van der Waals surface area (Å²) in [6.45, 7) is 1.90. The molecular formula is C26H30N4O4S. The standard InChI is InChI=1S/C26H30N4O4S/c1-19(31)27-17-20-10-12-21(13-11-20)18-30(26(32)28-24-8-4-5-9-24)29-35(33,34)25-15-14-22-6-2-3-7-23(22)16-25/h2-3,6-7,10-16,24,29H,4-5,8-9,17-18H2,1H3,(H,27,31)(H,28,32). The minimum Gasteiger partial charge on any atom is -0.352 e. The van der Waals surface area contributed by atoms with E-state index in [2.05, 4.69) is 15.5 Å². The quantitative estimate of drug-likeness (QED) is 0.414. The Balaban J connectivity index is 1.54. The molecule has 3 aromatic rings. The van der Waals surface area contributed by atoms with Crippen molar-refractivity contribution in [3.63, 3.8) is 0 Å². The highest BCUT2D eigenvalue weighted by Gasteiger charge is 2.26. The molecule has 1 fully saturated rings. The smallest absolute Gasteiger partial charge is 0.333 e. The largest absolute Gasteiger partial charge is 0.352 e. The van der Waals surface area contributed by atoms with Gasteiger partial charge in [-0.1, -0.05) is 67.4 Å². The lowest BCUT2D eigenvalue weighted by Crippen LogP contribution is -2.52. The summed E-state index contributed by atoms with van der Waals surface area (Å²) < 4.78 is 26.5. The summed E-state index contributed by atoms with van der Waals surface area (Å²) >= 11 is 0. The zero-order valence-corrected chi connectivity index (χ0v) is 20.5. The number of nitrogens with zero attached hydrogens (tertiary/aromatic N) is 1. The Morgan fingerprint density at radius 2 is 1.57 bits per heavy atom. The predicted octanol–water partition coefficient (Wildman–Crippen LogP) is 3.82. The monoisotopic (exact) mass is 494 g/mol. The van der Waals surface area contributed by atoms with Gasteiger partial charge in [-0.15, -0.1) is 4.83 Å². The number of sulfonamides is 1. The third-order valence-electron chi connectivity index (χ3n) is 6.09. The molecule has 0 spiro atoms. The van der Waals surface area contributed by atoms with Gasteiger partial charge < -0.3 is 10.6 Å². The molecule has 0 heterocycles. The van der Waals surface area contributed by atoms with E-state index in [1.165, 1.54) is 13.0 Å². The zero-order valence-electron chi connectivity index (χ0n) is 19.7. The van der Waals surface area contributed by atoms with Crippen molar-refractivity contribution < 1.29 is 18.0 Å². The van der Waals surface area contributed by atoms with Crippen LogP contribution in [0.3, 0.4) is 0 Å². The van der Waals surface area contributed by atoms with E-state index in [9.17, 15) is 18.0 Å². The van der Waals surface area contributed by atoms with Gasteiger partial charge in [0.15, 0.2) is 0 Å². The molecule has 9 heteroatoms. The van der Waals surface area contributed by atoms with Gasteiger partial charge in [-0.2, -0.15) is 0 Å².